The summed E-state index contributed by atoms with van der Waals surface area (Å²) in [4.78, 5) is 0. The fourth-order valence-electron chi connectivity index (χ4n) is 0.769. The van der Waals surface area contributed by atoms with Crippen molar-refractivity contribution >= 4 is 0 Å². The van der Waals surface area contributed by atoms with Crippen molar-refractivity contribution in [2.75, 3.05) is 0 Å². The second-order valence-corrected chi connectivity index (χ2v) is 2.53. The van der Waals surface area contributed by atoms with E-state index >= 15 is 0 Å². The number of hydrogen-bond donors (Lipinski definition) is 1. The highest BCUT2D eigenvalue weighted by molar-refractivity contribution is 5.12. The molecule has 1 atom stereocenters. The quantitative estimate of drug-likeness (QED) is 0.600. The van der Waals surface area contributed by atoms with Crippen molar-refractivity contribution in [3.05, 3.63) is 37.0 Å². The summed E-state index contributed by atoms with van der Waals surface area (Å²) >= 11 is 0. The molecule has 1 heteroatoms. The Labute approximate surface area is 69.3 Å². The minimum Gasteiger partial charge on any atom is -0.321 e. The molecular formula is C10H17N. The molecule has 0 aromatic carbocycles. The summed E-state index contributed by atoms with van der Waals surface area (Å²) in [5.74, 6) is 0. The van der Waals surface area contributed by atoms with Gasteiger partial charge in [0.2, 0.25) is 0 Å². The number of allylic oxidation sites excluding steroid dienone is 2. The van der Waals surface area contributed by atoms with E-state index in [1.54, 1.807) is 6.08 Å². The van der Waals surface area contributed by atoms with Crippen LogP contribution in [0.15, 0.2) is 37.0 Å². The van der Waals surface area contributed by atoms with E-state index in [0.717, 1.165) is 18.4 Å². The zero-order valence-corrected chi connectivity index (χ0v) is 7.22. The first kappa shape index (κ1) is 10.2. The van der Waals surface area contributed by atoms with E-state index < -0.39 is 0 Å². The van der Waals surface area contributed by atoms with Crippen LogP contribution < -0.4 is 5.73 Å². The van der Waals surface area contributed by atoms with Gasteiger partial charge in [-0.2, -0.15) is 0 Å². The average molecular weight is 151 g/mol. The third kappa shape index (κ3) is 4.57. The van der Waals surface area contributed by atoms with Crippen molar-refractivity contribution in [2.24, 2.45) is 5.73 Å². The first-order valence-electron chi connectivity index (χ1n) is 3.89. The Morgan fingerprint density at radius 1 is 1.64 bits per heavy atom. The number of hydrogen-bond acceptors (Lipinski definition) is 1. The van der Waals surface area contributed by atoms with Crippen LogP contribution in [-0.2, 0) is 0 Å². The molecule has 0 aliphatic rings. The van der Waals surface area contributed by atoms with Crippen LogP contribution in [0.25, 0.3) is 0 Å². The van der Waals surface area contributed by atoms with Crippen molar-refractivity contribution in [1.82, 2.24) is 0 Å². The van der Waals surface area contributed by atoms with Crippen molar-refractivity contribution in [3.8, 4) is 0 Å². The first-order valence-corrected chi connectivity index (χ1v) is 3.89. The molecule has 11 heavy (non-hydrogen) atoms. The van der Waals surface area contributed by atoms with Crippen molar-refractivity contribution in [2.45, 2.75) is 25.8 Å². The van der Waals surface area contributed by atoms with Crippen molar-refractivity contribution in [3.63, 3.8) is 0 Å². The Balaban J connectivity index is 3.60. The van der Waals surface area contributed by atoms with Gasteiger partial charge >= 0.3 is 0 Å². The first-order chi connectivity index (χ1) is 5.22. The van der Waals surface area contributed by atoms with Gasteiger partial charge in [-0.15, -0.1) is 6.58 Å². The normalized spacial score (nSPS) is 13.3. The molecule has 0 saturated heterocycles. The molecule has 0 aliphatic heterocycles. The molecule has 0 fully saturated rings. The fraction of sp³-hybridized carbons (Fsp3) is 0.400. The van der Waals surface area contributed by atoms with Crippen LogP contribution in [-0.4, -0.2) is 6.04 Å². The molecule has 0 bridgehead atoms. The Morgan fingerprint density at radius 3 is 2.73 bits per heavy atom. The van der Waals surface area contributed by atoms with Gasteiger partial charge < -0.3 is 5.73 Å². The molecule has 62 valence electrons. The molecular weight excluding hydrogens is 134 g/mol. The predicted octanol–water partition coefficient (Wildman–Crippen LogP) is 2.41. The fourth-order valence-corrected chi connectivity index (χ4v) is 0.769. The molecule has 0 aromatic rings. The van der Waals surface area contributed by atoms with Gasteiger partial charge in [-0.1, -0.05) is 30.4 Å². The molecule has 0 aromatic heterocycles. The SMILES string of the molecule is C=C[C@@H](N)C(=C)CC/C=C\C. The van der Waals surface area contributed by atoms with Gasteiger partial charge in [0.15, 0.2) is 0 Å². The van der Waals surface area contributed by atoms with Crippen molar-refractivity contribution < 1.29 is 0 Å². The maximum absolute atomic E-state index is 5.66. The molecule has 0 heterocycles. The topological polar surface area (TPSA) is 26.0 Å². The smallest absolute Gasteiger partial charge is 0.0435 e. The van der Waals surface area contributed by atoms with E-state index in [2.05, 4.69) is 19.2 Å². The van der Waals surface area contributed by atoms with Crippen molar-refractivity contribution in [1.29, 1.82) is 0 Å². The minimum atomic E-state index is -0.0414. The zero-order valence-electron chi connectivity index (χ0n) is 7.22. The standard InChI is InChI=1S/C10H17N/c1-4-6-7-8-9(3)10(11)5-2/h4-6,10H,2-3,7-8,11H2,1H3/b6-4-/t10-/m1/s1. The van der Waals surface area contributed by atoms with E-state index in [-0.39, 0.29) is 6.04 Å². The van der Waals surface area contributed by atoms with Gasteiger partial charge in [-0.05, 0) is 19.8 Å². The van der Waals surface area contributed by atoms with E-state index in [4.69, 9.17) is 5.73 Å². The monoisotopic (exact) mass is 151 g/mol. The van der Waals surface area contributed by atoms with Crippen LogP contribution >= 0.6 is 0 Å². The molecule has 0 unspecified atom stereocenters. The molecule has 0 aliphatic carbocycles. The molecule has 0 spiro atoms. The van der Waals surface area contributed by atoms with Gasteiger partial charge in [-0.25, -0.2) is 0 Å². The van der Waals surface area contributed by atoms with Crippen LogP contribution in [0.5, 0.6) is 0 Å². The van der Waals surface area contributed by atoms with Crippen LogP contribution in [0.4, 0.5) is 0 Å². The lowest BCUT2D eigenvalue weighted by atomic mass is 10.0. The summed E-state index contributed by atoms with van der Waals surface area (Å²) in [6.07, 6.45) is 7.85. The second kappa shape index (κ2) is 5.93. The molecule has 0 saturated carbocycles. The van der Waals surface area contributed by atoms with E-state index in [1.165, 1.54) is 0 Å². The summed E-state index contributed by atoms with van der Waals surface area (Å²) < 4.78 is 0. The van der Waals surface area contributed by atoms with Gasteiger partial charge in [0.25, 0.3) is 0 Å². The maximum Gasteiger partial charge on any atom is 0.0435 e. The Bertz CT molecular complexity index is 156. The summed E-state index contributed by atoms with van der Waals surface area (Å²) in [5, 5.41) is 0. The van der Waals surface area contributed by atoms with E-state index in [0.29, 0.717) is 0 Å². The molecule has 2 N–H and O–H groups in total. The summed E-state index contributed by atoms with van der Waals surface area (Å²) in [6.45, 7) is 9.48. The zero-order chi connectivity index (χ0) is 8.69. The molecule has 0 radical (unpaired) electrons. The van der Waals surface area contributed by atoms with Gasteiger partial charge in [-0.3, -0.25) is 0 Å². The highest BCUT2D eigenvalue weighted by Crippen LogP contribution is 2.06. The second-order valence-electron chi connectivity index (χ2n) is 2.53. The van der Waals surface area contributed by atoms with E-state index in [9.17, 15) is 0 Å². The maximum atomic E-state index is 5.66. The predicted molar refractivity (Wildman–Crippen MR) is 51.4 cm³/mol. The van der Waals surface area contributed by atoms with Crippen LogP contribution in [0.2, 0.25) is 0 Å². The van der Waals surface area contributed by atoms with Gasteiger partial charge in [0, 0.05) is 6.04 Å². The lowest BCUT2D eigenvalue weighted by Crippen LogP contribution is -2.18. The van der Waals surface area contributed by atoms with Gasteiger partial charge in [0.1, 0.15) is 0 Å². The highest BCUT2D eigenvalue weighted by Gasteiger charge is 1.99. The third-order valence-corrected chi connectivity index (χ3v) is 1.59. The molecule has 1 nitrogen and oxygen atoms in total. The number of nitrogens with two attached hydrogens (primary N) is 1. The van der Waals surface area contributed by atoms with Crippen LogP contribution in [0.3, 0.4) is 0 Å². The van der Waals surface area contributed by atoms with E-state index in [1.807, 2.05) is 13.0 Å². The third-order valence-electron chi connectivity index (χ3n) is 1.59. The largest absolute Gasteiger partial charge is 0.321 e. The summed E-state index contributed by atoms with van der Waals surface area (Å²) in [7, 11) is 0. The summed E-state index contributed by atoms with van der Waals surface area (Å²) in [6, 6.07) is -0.0414. The number of rotatable bonds is 5. The average Bonchev–Trinajstić information content (AvgIpc) is 2.03. The molecule has 0 amide bonds. The Kier molecular flexibility index (Phi) is 5.49. The lowest BCUT2D eigenvalue weighted by Gasteiger charge is -2.07. The van der Waals surface area contributed by atoms with Crippen LogP contribution in [0, 0.1) is 0 Å². The molecule has 0 rings (SSSR count). The highest BCUT2D eigenvalue weighted by atomic mass is 14.6. The lowest BCUT2D eigenvalue weighted by molar-refractivity contribution is 0.850. The Hall–Kier alpha value is -0.820. The Morgan fingerprint density at radius 2 is 2.27 bits per heavy atom. The van der Waals surface area contributed by atoms with Crippen LogP contribution in [0.1, 0.15) is 19.8 Å². The summed E-state index contributed by atoms with van der Waals surface area (Å²) in [5.41, 5.74) is 6.71. The van der Waals surface area contributed by atoms with Gasteiger partial charge in [0.05, 0.1) is 0 Å². The minimum absolute atomic E-state index is 0.0414.